The number of allylic oxidation sites excluding steroid dienone is 9. The maximum atomic E-state index is 12.7. The summed E-state index contributed by atoms with van der Waals surface area (Å²) in [7, 11) is -4.65. The van der Waals surface area contributed by atoms with Gasteiger partial charge in [0.2, 0.25) is 0 Å². The first kappa shape index (κ1) is 51.6. The van der Waals surface area contributed by atoms with Gasteiger partial charge in [-0.3, -0.25) is 18.6 Å². The Morgan fingerprint density at radius 2 is 1.21 bits per heavy atom. The number of unbranched alkanes of at least 4 members (excludes halogenated alkanes) is 12. The molecule has 56 heavy (non-hydrogen) atoms. The van der Waals surface area contributed by atoms with Crippen molar-refractivity contribution in [2.75, 3.05) is 26.4 Å². The third-order valence-corrected chi connectivity index (χ3v) is 10.0. The van der Waals surface area contributed by atoms with Gasteiger partial charge < -0.3 is 29.3 Å². The van der Waals surface area contributed by atoms with E-state index in [0.717, 1.165) is 64.2 Å². The van der Waals surface area contributed by atoms with Crippen molar-refractivity contribution in [2.45, 2.75) is 180 Å². The SMILES string of the molecule is CCCCC/C=C\C/C=C\C/C=C\CC1OC1CCCC(=O)O[C@H](COC(=O)CCCCCCC/C=C\C=C/CCCCCC)COP(=O)(O)OC[C@@H](O)CO. The summed E-state index contributed by atoms with van der Waals surface area (Å²) in [5, 5.41) is 18.3. The smallest absolute Gasteiger partial charge is 0.462 e. The molecule has 1 saturated heterocycles. The molecule has 0 aromatic carbocycles. The average Bonchev–Trinajstić information content (AvgIpc) is 3.94. The molecular weight excluding hydrogens is 735 g/mol. The van der Waals surface area contributed by atoms with Crippen LogP contribution in [0.5, 0.6) is 0 Å². The Kier molecular flexibility index (Phi) is 33.0. The van der Waals surface area contributed by atoms with Crippen LogP contribution in [-0.2, 0) is 37.4 Å². The van der Waals surface area contributed by atoms with Gasteiger partial charge in [0.15, 0.2) is 6.10 Å². The summed E-state index contributed by atoms with van der Waals surface area (Å²) < 4.78 is 38.4. The summed E-state index contributed by atoms with van der Waals surface area (Å²) in [5.41, 5.74) is 0. The van der Waals surface area contributed by atoms with E-state index in [2.05, 4.69) is 79.1 Å². The first-order valence-corrected chi connectivity index (χ1v) is 22.9. The largest absolute Gasteiger partial charge is 0.472 e. The quantitative estimate of drug-likeness (QED) is 0.0136. The summed E-state index contributed by atoms with van der Waals surface area (Å²) >= 11 is 0. The molecule has 0 amide bonds. The van der Waals surface area contributed by atoms with E-state index in [1.165, 1.54) is 44.9 Å². The molecular formula is C44H75O11P. The maximum absolute atomic E-state index is 12.7. The molecule has 1 aliphatic rings. The number of hydrogen-bond acceptors (Lipinski definition) is 10. The zero-order chi connectivity index (χ0) is 41.0. The summed E-state index contributed by atoms with van der Waals surface area (Å²) in [6.07, 6.45) is 40.6. The summed E-state index contributed by atoms with van der Waals surface area (Å²) in [6.45, 7) is 2.21. The second-order valence-electron chi connectivity index (χ2n) is 14.4. The number of carbonyl (C=O) groups is 2. The number of hydrogen-bond donors (Lipinski definition) is 3. The molecule has 0 aromatic heterocycles. The third-order valence-electron chi connectivity index (χ3n) is 9.10. The second kappa shape index (κ2) is 35.8. The Hall–Kier alpha value is -2.37. The number of aliphatic hydroxyl groups excluding tert-OH is 2. The number of aliphatic hydroxyl groups is 2. The predicted octanol–water partition coefficient (Wildman–Crippen LogP) is 10.1. The normalized spacial score (nSPS) is 18.1. The van der Waals surface area contributed by atoms with Gasteiger partial charge in [-0.15, -0.1) is 0 Å². The van der Waals surface area contributed by atoms with E-state index in [-0.39, 0.29) is 31.7 Å². The average molecular weight is 811 g/mol. The molecule has 0 radical (unpaired) electrons. The zero-order valence-electron chi connectivity index (χ0n) is 34.5. The van der Waals surface area contributed by atoms with E-state index in [0.29, 0.717) is 19.3 Å². The Morgan fingerprint density at radius 3 is 1.91 bits per heavy atom. The Balaban J connectivity index is 2.34. The lowest BCUT2D eigenvalue weighted by Crippen LogP contribution is -2.30. The number of esters is 2. The van der Waals surface area contributed by atoms with Crippen molar-refractivity contribution in [3.63, 3.8) is 0 Å². The molecule has 1 aliphatic heterocycles. The van der Waals surface area contributed by atoms with Gasteiger partial charge in [-0.1, -0.05) is 126 Å². The van der Waals surface area contributed by atoms with Crippen LogP contribution in [0.25, 0.3) is 0 Å². The van der Waals surface area contributed by atoms with E-state index in [4.69, 9.17) is 23.8 Å². The summed E-state index contributed by atoms with van der Waals surface area (Å²) in [5.74, 6) is -1.02. The highest BCUT2D eigenvalue weighted by molar-refractivity contribution is 7.47. The monoisotopic (exact) mass is 811 g/mol. The third kappa shape index (κ3) is 32.7. The minimum absolute atomic E-state index is 0.0848. The molecule has 5 atom stereocenters. The molecule has 0 bridgehead atoms. The summed E-state index contributed by atoms with van der Waals surface area (Å²) in [4.78, 5) is 35.1. The lowest BCUT2D eigenvalue weighted by molar-refractivity contribution is -0.161. The standard InChI is InChI=1S/C44H75O11P/c1-3-5-7-9-11-13-15-17-18-19-21-23-25-27-29-33-43(47)51-37-40(38-53-56(49,50)52-36-39(46)35-45)54-44(48)34-30-32-42-41(55-42)31-28-26-24-22-20-16-14-12-10-8-6-4-2/h12-15,17-18,20,22,26,28,39-42,45-46H,3-11,16,19,21,23-25,27,29-38H2,1-2H3,(H,49,50)/b14-12-,15-13-,18-17-,22-20-,28-26-/t39-,40+,41?,42?/m0/s1. The van der Waals surface area contributed by atoms with Crippen LogP contribution in [0.15, 0.2) is 60.8 Å². The molecule has 12 heteroatoms. The first-order chi connectivity index (χ1) is 27.2. The highest BCUT2D eigenvalue weighted by Gasteiger charge is 2.37. The highest BCUT2D eigenvalue weighted by atomic mass is 31.2. The van der Waals surface area contributed by atoms with E-state index < -0.39 is 51.8 Å². The maximum Gasteiger partial charge on any atom is 0.472 e. The van der Waals surface area contributed by atoms with Crippen LogP contribution in [0, 0.1) is 0 Å². The molecule has 1 fully saturated rings. The van der Waals surface area contributed by atoms with Crippen LogP contribution in [0.2, 0.25) is 0 Å². The number of ether oxygens (including phenoxy) is 3. The molecule has 3 N–H and O–H groups in total. The topological polar surface area (TPSA) is 161 Å². The molecule has 1 heterocycles. The van der Waals surface area contributed by atoms with Crippen LogP contribution in [0.1, 0.15) is 155 Å². The van der Waals surface area contributed by atoms with Crippen LogP contribution < -0.4 is 0 Å². The van der Waals surface area contributed by atoms with Crippen molar-refractivity contribution in [3.8, 4) is 0 Å². The number of phosphoric acid groups is 1. The lowest BCUT2D eigenvalue weighted by Gasteiger charge is -2.20. The van der Waals surface area contributed by atoms with Gasteiger partial charge in [0.05, 0.1) is 32.0 Å². The molecule has 0 aliphatic carbocycles. The molecule has 0 aromatic rings. The fraction of sp³-hybridized carbons (Fsp3) is 0.727. The van der Waals surface area contributed by atoms with Crippen molar-refractivity contribution in [1.29, 1.82) is 0 Å². The van der Waals surface area contributed by atoms with Crippen molar-refractivity contribution in [1.82, 2.24) is 0 Å². The van der Waals surface area contributed by atoms with Crippen LogP contribution >= 0.6 is 7.82 Å². The molecule has 3 unspecified atom stereocenters. The van der Waals surface area contributed by atoms with Gasteiger partial charge in [-0.05, 0) is 77.0 Å². The highest BCUT2D eigenvalue weighted by Crippen LogP contribution is 2.43. The van der Waals surface area contributed by atoms with Crippen molar-refractivity contribution >= 4 is 19.8 Å². The van der Waals surface area contributed by atoms with E-state index in [9.17, 15) is 24.2 Å². The Labute approximate surface area is 338 Å². The van der Waals surface area contributed by atoms with Crippen molar-refractivity contribution in [2.24, 2.45) is 0 Å². The van der Waals surface area contributed by atoms with Gasteiger partial charge in [0, 0.05) is 12.8 Å². The number of phosphoric ester groups is 1. The first-order valence-electron chi connectivity index (χ1n) is 21.4. The van der Waals surface area contributed by atoms with E-state index in [1.54, 1.807) is 0 Å². The van der Waals surface area contributed by atoms with Gasteiger partial charge in [0.1, 0.15) is 12.7 Å². The lowest BCUT2D eigenvalue weighted by atomic mass is 10.1. The van der Waals surface area contributed by atoms with Crippen LogP contribution in [0.4, 0.5) is 0 Å². The van der Waals surface area contributed by atoms with Gasteiger partial charge in [0.25, 0.3) is 0 Å². The minimum atomic E-state index is -4.65. The molecule has 1 rings (SSSR count). The molecule has 0 spiro atoms. The summed E-state index contributed by atoms with van der Waals surface area (Å²) in [6, 6.07) is 0. The van der Waals surface area contributed by atoms with Crippen molar-refractivity contribution < 1.29 is 52.5 Å². The molecule has 0 saturated carbocycles. The van der Waals surface area contributed by atoms with Gasteiger partial charge >= 0.3 is 19.8 Å². The Morgan fingerprint density at radius 1 is 0.661 bits per heavy atom. The van der Waals surface area contributed by atoms with Gasteiger partial charge in [-0.2, -0.15) is 0 Å². The predicted molar refractivity (Wildman–Crippen MR) is 223 cm³/mol. The minimum Gasteiger partial charge on any atom is -0.462 e. The number of carbonyl (C=O) groups excluding carboxylic acids is 2. The fourth-order valence-electron chi connectivity index (χ4n) is 5.66. The molecule has 11 nitrogen and oxygen atoms in total. The fourth-order valence-corrected chi connectivity index (χ4v) is 6.45. The second-order valence-corrected chi connectivity index (χ2v) is 15.9. The zero-order valence-corrected chi connectivity index (χ0v) is 35.4. The van der Waals surface area contributed by atoms with E-state index >= 15 is 0 Å². The van der Waals surface area contributed by atoms with Crippen molar-refractivity contribution in [3.05, 3.63) is 60.8 Å². The van der Waals surface area contributed by atoms with Crippen LogP contribution in [-0.4, -0.2) is 77.9 Å². The van der Waals surface area contributed by atoms with Gasteiger partial charge in [-0.25, -0.2) is 4.57 Å². The Bertz CT molecular complexity index is 1180. The van der Waals surface area contributed by atoms with E-state index in [1.807, 2.05) is 0 Å². The molecule has 322 valence electrons. The number of rotatable bonds is 38. The van der Waals surface area contributed by atoms with Crippen LogP contribution in [0.3, 0.4) is 0 Å². The number of epoxide rings is 1.